The number of ether oxygens (including phenoxy) is 1. The van der Waals surface area contributed by atoms with Gasteiger partial charge in [-0.05, 0) is 37.4 Å². The highest BCUT2D eigenvalue weighted by atomic mass is 16.6. The number of nitrogens with zero attached hydrogens (tertiary/aromatic N) is 2. The van der Waals surface area contributed by atoms with Crippen molar-refractivity contribution in [3.05, 3.63) is 58.6 Å². The molecule has 0 unspecified atom stereocenters. The number of anilines is 2. The summed E-state index contributed by atoms with van der Waals surface area (Å²) in [6, 6.07) is 12.7. The minimum absolute atomic E-state index is 0.0925. The first-order chi connectivity index (χ1) is 13.4. The zero-order valence-electron chi connectivity index (χ0n) is 15.7. The third kappa shape index (κ3) is 6.69. The maximum atomic E-state index is 12.1. The van der Waals surface area contributed by atoms with Crippen LogP contribution in [0.4, 0.5) is 17.1 Å². The fourth-order valence-corrected chi connectivity index (χ4v) is 2.41. The van der Waals surface area contributed by atoms with E-state index in [0.717, 1.165) is 0 Å². The summed E-state index contributed by atoms with van der Waals surface area (Å²) in [5.41, 5.74) is 0.923. The van der Waals surface area contributed by atoms with E-state index in [0.29, 0.717) is 23.7 Å². The van der Waals surface area contributed by atoms with Crippen molar-refractivity contribution in [3.63, 3.8) is 0 Å². The minimum Gasteiger partial charge on any atom is -0.497 e. The number of hydrogen-bond donors (Lipinski definition) is 2. The Bertz CT molecular complexity index is 838. The molecule has 0 bridgehead atoms. The molecular weight excluding hydrogens is 364 g/mol. The lowest BCUT2D eigenvalue weighted by Crippen LogP contribution is -2.32. The van der Waals surface area contributed by atoms with Crippen molar-refractivity contribution in [3.8, 4) is 5.75 Å². The molecule has 0 aliphatic rings. The Morgan fingerprint density at radius 1 is 1.07 bits per heavy atom. The number of nitro groups is 1. The maximum absolute atomic E-state index is 12.1. The lowest BCUT2D eigenvalue weighted by Gasteiger charge is -2.16. The van der Waals surface area contributed by atoms with E-state index in [1.807, 2.05) is 0 Å². The Morgan fingerprint density at radius 2 is 1.75 bits per heavy atom. The predicted octanol–water partition coefficient (Wildman–Crippen LogP) is 2.50. The summed E-state index contributed by atoms with van der Waals surface area (Å²) in [7, 11) is 3.30. The number of nitro benzene ring substituents is 1. The van der Waals surface area contributed by atoms with Gasteiger partial charge in [0.25, 0.3) is 5.69 Å². The molecule has 2 N–H and O–H groups in total. The molecule has 0 saturated heterocycles. The van der Waals surface area contributed by atoms with Gasteiger partial charge in [0.2, 0.25) is 11.8 Å². The lowest BCUT2D eigenvalue weighted by atomic mass is 10.2. The second-order valence-corrected chi connectivity index (χ2v) is 6.12. The van der Waals surface area contributed by atoms with Crippen LogP contribution in [0.5, 0.6) is 5.75 Å². The van der Waals surface area contributed by atoms with Crippen molar-refractivity contribution in [1.29, 1.82) is 0 Å². The first-order valence-corrected chi connectivity index (χ1v) is 8.54. The Kier molecular flexibility index (Phi) is 7.46. The van der Waals surface area contributed by atoms with E-state index in [2.05, 4.69) is 10.6 Å². The number of nitrogens with one attached hydrogen (secondary N) is 2. The monoisotopic (exact) mass is 386 g/mol. The molecule has 0 atom stereocenters. The molecule has 0 radical (unpaired) electrons. The van der Waals surface area contributed by atoms with E-state index in [1.165, 1.54) is 18.2 Å². The second kappa shape index (κ2) is 10.0. The van der Waals surface area contributed by atoms with Crippen LogP contribution in [0.25, 0.3) is 0 Å². The molecule has 0 aliphatic carbocycles. The van der Waals surface area contributed by atoms with Crippen molar-refractivity contribution >= 4 is 28.9 Å². The second-order valence-electron chi connectivity index (χ2n) is 6.12. The van der Waals surface area contributed by atoms with Gasteiger partial charge in [-0.1, -0.05) is 6.07 Å². The predicted molar refractivity (Wildman–Crippen MR) is 105 cm³/mol. The smallest absolute Gasteiger partial charge is 0.271 e. The molecule has 148 valence electrons. The van der Waals surface area contributed by atoms with E-state index in [1.54, 1.807) is 49.4 Å². The number of carbonyl (C=O) groups excluding carboxylic acids is 2. The largest absolute Gasteiger partial charge is 0.497 e. The molecule has 0 aliphatic heterocycles. The van der Waals surface area contributed by atoms with Crippen LogP contribution < -0.4 is 15.4 Å². The molecule has 2 rings (SSSR count). The maximum Gasteiger partial charge on any atom is 0.271 e. The van der Waals surface area contributed by atoms with Crippen LogP contribution >= 0.6 is 0 Å². The summed E-state index contributed by atoms with van der Waals surface area (Å²) >= 11 is 0. The summed E-state index contributed by atoms with van der Waals surface area (Å²) in [4.78, 5) is 36.0. The number of likely N-dealkylation sites (N-methyl/N-ethyl adjacent to an activating group) is 1. The first kappa shape index (κ1) is 20.8. The summed E-state index contributed by atoms with van der Waals surface area (Å²) in [6.45, 7) is 0.479. The van der Waals surface area contributed by atoms with E-state index >= 15 is 0 Å². The molecular formula is C19H22N4O5. The highest BCUT2D eigenvalue weighted by Crippen LogP contribution is 2.17. The van der Waals surface area contributed by atoms with Gasteiger partial charge in [-0.15, -0.1) is 0 Å². The molecule has 2 aromatic carbocycles. The molecule has 0 spiro atoms. The summed E-state index contributed by atoms with van der Waals surface area (Å²) in [5, 5.41) is 16.1. The van der Waals surface area contributed by atoms with Crippen LogP contribution in [0.2, 0.25) is 0 Å². The minimum atomic E-state index is -0.523. The molecule has 9 nitrogen and oxygen atoms in total. The number of rotatable bonds is 9. The fraction of sp³-hybridized carbons (Fsp3) is 0.263. The number of methoxy groups -OCH3 is 1. The van der Waals surface area contributed by atoms with Crippen molar-refractivity contribution in [2.75, 3.05) is 37.9 Å². The summed E-state index contributed by atoms with van der Waals surface area (Å²) in [5.74, 6) is 0.208. The van der Waals surface area contributed by atoms with Gasteiger partial charge in [0.05, 0.1) is 18.6 Å². The highest BCUT2D eigenvalue weighted by Gasteiger charge is 2.11. The van der Waals surface area contributed by atoms with E-state index in [-0.39, 0.29) is 30.5 Å². The van der Waals surface area contributed by atoms with Crippen LogP contribution in [0.15, 0.2) is 48.5 Å². The topological polar surface area (TPSA) is 114 Å². The number of benzene rings is 2. The first-order valence-electron chi connectivity index (χ1n) is 8.54. The molecule has 9 heteroatoms. The molecule has 0 heterocycles. The van der Waals surface area contributed by atoms with Gasteiger partial charge in [-0.25, -0.2) is 0 Å². The zero-order valence-corrected chi connectivity index (χ0v) is 15.7. The summed E-state index contributed by atoms with van der Waals surface area (Å²) < 4.78 is 5.06. The van der Waals surface area contributed by atoms with Crippen LogP contribution in [0.3, 0.4) is 0 Å². The Hall–Kier alpha value is -3.46. The molecule has 0 aromatic heterocycles. The third-order valence-electron chi connectivity index (χ3n) is 3.85. The summed E-state index contributed by atoms with van der Waals surface area (Å²) in [6.07, 6.45) is 0.148. The van der Waals surface area contributed by atoms with Crippen molar-refractivity contribution in [2.45, 2.75) is 6.42 Å². The van der Waals surface area contributed by atoms with Gasteiger partial charge in [0.1, 0.15) is 5.75 Å². The number of non-ortho nitro benzene ring substituents is 1. The highest BCUT2D eigenvalue weighted by molar-refractivity contribution is 5.93. The van der Waals surface area contributed by atoms with Crippen LogP contribution in [-0.4, -0.2) is 48.9 Å². The lowest BCUT2D eigenvalue weighted by molar-refractivity contribution is -0.384. The Balaban J connectivity index is 1.75. The van der Waals surface area contributed by atoms with Crippen molar-refractivity contribution in [1.82, 2.24) is 4.90 Å². The average molecular weight is 386 g/mol. The SMILES string of the molecule is COc1ccc(NC(=O)CN(C)CCC(=O)Nc2cccc([N+](=O)[O-])c2)cc1. The normalized spacial score (nSPS) is 10.4. The van der Waals surface area contributed by atoms with Gasteiger partial charge in [-0.2, -0.15) is 0 Å². The van der Waals surface area contributed by atoms with E-state index < -0.39 is 4.92 Å². The third-order valence-corrected chi connectivity index (χ3v) is 3.85. The quantitative estimate of drug-likeness (QED) is 0.506. The Morgan fingerprint density at radius 3 is 2.39 bits per heavy atom. The number of hydrogen-bond acceptors (Lipinski definition) is 6. The molecule has 0 fully saturated rings. The van der Waals surface area contributed by atoms with Gasteiger partial charge < -0.3 is 15.4 Å². The molecule has 0 saturated carbocycles. The van der Waals surface area contributed by atoms with Crippen LogP contribution in [-0.2, 0) is 9.59 Å². The fourth-order valence-electron chi connectivity index (χ4n) is 2.41. The van der Waals surface area contributed by atoms with E-state index in [9.17, 15) is 19.7 Å². The van der Waals surface area contributed by atoms with E-state index in [4.69, 9.17) is 4.74 Å². The number of amides is 2. The molecule has 28 heavy (non-hydrogen) atoms. The van der Waals surface area contributed by atoms with Gasteiger partial charge >= 0.3 is 0 Å². The molecule has 2 aromatic rings. The van der Waals surface area contributed by atoms with Crippen molar-refractivity contribution < 1.29 is 19.2 Å². The Labute approximate surface area is 162 Å². The van der Waals surface area contributed by atoms with Crippen molar-refractivity contribution in [2.24, 2.45) is 0 Å². The molecule has 2 amide bonds. The van der Waals surface area contributed by atoms with Crippen LogP contribution in [0.1, 0.15) is 6.42 Å². The van der Waals surface area contributed by atoms with Gasteiger partial charge in [0, 0.05) is 36.5 Å². The van der Waals surface area contributed by atoms with Gasteiger partial charge in [0.15, 0.2) is 0 Å². The zero-order chi connectivity index (χ0) is 20.5. The average Bonchev–Trinajstić information content (AvgIpc) is 2.67. The standard InChI is InChI=1S/C19H22N4O5/c1-22(13-19(25)20-14-6-8-17(28-2)9-7-14)11-10-18(24)21-15-4-3-5-16(12-15)23(26)27/h3-9,12H,10-11,13H2,1-2H3,(H,20,25)(H,21,24). The van der Waals surface area contributed by atoms with Crippen LogP contribution in [0, 0.1) is 10.1 Å². The number of carbonyl (C=O) groups is 2. The van der Waals surface area contributed by atoms with Gasteiger partial charge in [-0.3, -0.25) is 24.6 Å².